The molecule has 2 aromatic rings. The molecule has 0 fully saturated rings. The van der Waals surface area contributed by atoms with Gasteiger partial charge in [-0.3, -0.25) is 0 Å². The van der Waals surface area contributed by atoms with Gasteiger partial charge in [-0.25, -0.2) is 0 Å². The van der Waals surface area contributed by atoms with Gasteiger partial charge in [-0.2, -0.15) is 0 Å². The number of fused-ring (bicyclic) bond motifs is 1. The summed E-state index contributed by atoms with van der Waals surface area (Å²) in [7, 11) is 0. The third-order valence-corrected chi connectivity index (χ3v) is 3.93. The molecule has 0 aliphatic rings. The molecule has 2 rings (SSSR count). The van der Waals surface area contributed by atoms with Crippen molar-refractivity contribution in [2.75, 3.05) is 0 Å². The van der Waals surface area contributed by atoms with E-state index in [2.05, 4.69) is 58.1 Å². The topological polar surface area (TPSA) is 25.2 Å². The Kier molecular flexibility index (Phi) is 5.46. The molecule has 1 aromatic carbocycles. The van der Waals surface area contributed by atoms with E-state index in [1.165, 1.54) is 29.4 Å². The van der Waals surface area contributed by atoms with Crippen molar-refractivity contribution < 1.29 is 4.42 Å². The van der Waals surface area contributed by atoms with Gasteiger partial charge >= 0.3 is 0 Å². The van der Waals surface area contributed by atoms with Crippen molar-refractivity contribution in [3.05, 3.63) is 35.1 Å². The van der Waals surface area contributed by atoms with Crippen LogP contribution in [0.4, 0.5) is 0 Å². The van der Waals surface area contributed by atoms with E-state index in [-0.39, 0.29) is 0 Å². The number of benzene rings is 1. The number of hydrogen-bond acceptors (Lipinski definition) is 2. The zero-order chi connectivity index (χ0) is 15.4. The average Bonchev–Trinajstić information content (AvgIpc) is 2.80. The van der Waals surface area contributed by atoms with Crippen LogP contribution in [0.3, 0.4) is 0 Å². The Bertz CT molecular complexity index is 581. The Morgan fingerprint density at radius 3 is 2.52 bits per heavy atom. The molecule has 116 valence electrons. The highest BCUT2D eigenvalue weighted by atomic mass is 16.3. The zero-order valence-electron chi connectivity index (χ0n) is 14.1. The first-order chi connectivity index (χ1) is 10.0. The Morgan fingerprint density at radius 2 is 1.90 bits per heavy atom. The Balaban J connectivity index is 2.38. The van der Waals surface area contributed by atoms with E-state index in [1.54, 1.807) is 0 Å². The van der Waals surface area contributed by atoms with Crippen molar-refractivity contribution in [2.24, 2.45) is 0 Å². The molecule has 0 radical (unpaired) electrons. The van der Waals surface area contributed by atoms with Gasteiger partial charge in [-0.15, -0.1) is 0 Å². The maximum Gasteiger partial charge on any atom is 0.134 e. The second-order valence-electron chi connectivity index (χ2n) is 6.56. The third kappa shape index (κ3) is 3.88. The first-order valence-corrected chi connectivity index (χ1v) is 8.30. The molecule has 1 aromatic heterocycles. The van der Waals surface area contributed by atoms with Gasteiger partial charge in [0, 0.05) is 17.0 Å². The third-order valence-electron chi connectivity index (χ3n) is 3.93. The molecule has 0 atom stereocenters. The molecule has 1 heterocycles. The largest absolute Gasteiger partial charge is 0.459 e. The molecule has 0 saturated carbocycles. The second kappa shape index (κ2) is 7.13. The van der Waals surface area contributed by atoms with E-state index in [1.807, 2.05) is 0 Å². The molecule has 0 saturated heterocycles. The minimum absolute atomic E-state index is 0.471. The number of nitrogens with one attached hydrogen (secondary N) is 1. The van der Waals surface area contributed by atoms with Gasteiger partial charge in [0.2, 0.25) is 0 Å². The number of unbranched alkanes of at least 4 members (excludes halogenated alkanes) is 1. The first kappa shape index (κ1) is 16.1. The molecule has 0 aliphatic carbocycles. The van der Waals surface area contributed by atoms with Gasteiger partial charge in [0.05, 0.1) is 6.54 Å². The predicted octanol–water partition coefficient (Wildman–Crippen LogP) is 5.40. The van der Waals surface area contributed by atoms with Gasteiger partial charge < -0.3 is 9.73 Å². The summed E-state index contributed by atoms with van der Waals surface area (Å²) in [5.74, 6) is 1.58. The first-order valence-electron chi connectivity index (χ1n) is 8.30. The fraction of sp³-hybridized carbons (Fsp3) is 0.579. The summed E-state index contributed by atoms with van der Waals surface area (Å²) < 4.78 is 6.11. The van der Waals surface area contributed by atoms with Crippen LogP contribution in [-0.2, 0) is 13.0 Å². The molecule has 21 heavy (non-hydrogen) atoms. The van der Waals surface area contributed by atoms with E-state index in [9.17, 15) is 0 Å². The highest BCUT2D eigenvalue weighted by molar-refractivity contribution is 5.83. The molecule has 0 aliphatic heterocycles. The second-order valence-corrected chi connectivity index (χ2v) is 6.56. The van der Waals surface area contributed by atoms with Crippen LogP contribution < -0.4 is 5.32 Å². The summed E-state index contributed by atoms with van der Waals surface area (Å²) in [6.07, 6.45) is 3.65. The lowest BCUT2D eigenvalue weighted by molar-refractivity contribution is 0.480. The van der Waals surface area contributed by atoms with E-state index in [0.717, 1.165) is 24.3 Å². The molecule has 0 spiro atoms. The van der Waals surface area contributed by atoms with Crippen molar-refractivity contribution in [3.8, 4) is 0 Å². The van der Waals surface area contributed by atoms with E-state index in [4.69, 9.17) is 4.42 Å². The quantitative estimate of drug-likeness (QED) is 0.738. The van der Waals surface area contributed by atoms with Crippen LogP contribution in [0, 0.1) is 0 Å². The predicted molar refractivity (Wildman–Crippen MR) is 90.9 cm³/mol. The van der Waals surface area contributed by atoms with Gasteiger partial charge in [0.15, 0.2) is 0 Å². The van der Waals surface area contributed by atoms with E-state index in [0.29, 0.717) is 12.0 Å². The van der Waals surface area contributed by atoms with Crippen LogP contribution in [0.15, 0.2) is 22.6 Å². The number of aryl methyl sites for hydroxylation is 1. The summed E-state index contributed by atoms with van der Waals surface area (Å²) in [5, 5.41) is 4.78. The van der Waals surface area contributed by atoms with Crippen LogP contribution in [0.1, 0.15) is 70.3 Å². The van der Waals surface area contributed by atoms with Gasteiger partial charge in [-0.1, -0.05) is 47.1 Å². The van der Waals surface area contributed by atoms with Crippen molar-refractivity contribution in [3.63, 3.8) is 0 Å². The van der Waals surface area contributed by atoms with Crippen LogP contribution in [-0.4, -0.2) is 6.04 Å². The normalized spacial score (nSPS) is 12.0. The number of hydrogen-bond donors (Lipinski definition) is 1. The monoisotopic (exact) mass is 287 g/mol. The Labute approximate surface area is 128 Å². The summed E-state index contributed by atoms with van der Waals surface area (Å²) in [6, 6.07) is 7.16. The average molecular weight is 287 g/mol. The van der Waals surface area contributed by atoms with E-state index < -0.39 is 0 Å². The van der Waals surface area contributed by atoms with Crippen molar-refractivity contribution in [1.29, 1.82) is 0 Å². The van der Waals surface area contributed by atoms with Crippen LogP contribution >= 0.6 is 0 Å². The summed E-state index contributed by atoms with van der Waals surface area (Å²) >= 11 is 0. The van der Waals surface area contributed by atoms with E-state index >= 15 is 0 Å². The van der Waals surface area contributed by atoms with Gasteiger partial charge in [0.25, 0.3) is 0 Å². The highest BCUT2D eigenvalue weighted by Gasteiger charge is 2.17. The molecule has 0 bridgehead atoms. The maximum atomic E-state index is 6.11. The van der Waals surface area contributed by atoms with Crippen LogP contribution in [0.5, 0.6) is 0 Å². The molecule has 2 heteroatoms. The van der Waals surface area contributed by atoms with Gasteiger partial charge in [-0.05, 0) is 36.5 Å². The SMILES string of the molecule is CCCCc1ccc2oc(CNC(C)C)c(C(C)C)c2c1. The Hall–Kier alpha value is -1.28. The van der Waals surface area contributed by atoms with Crippen molar-refractivity contribution in [2.45, 2.75) is 72.4 Å². The lowest BCUT2D eigenvalue weighted by atomic mass is 9.97. The molecule has 2 nitrogen and oxygen atoms in total. The molecular formula is C19H29NO. The highest BCUT2D eigenvalue weighted by Crippen LogP contribution is 2.33. The van der Waals surface area contributed by atoms with Gasteiger partial charge in [0.1, 0.15) is 11.3 Å². The molecule has 0 amide bonds. The smallest absolute Gasteiger partial charge is 0.134 e. The van der Waals surface area contributed by atoms with Crippen molar-refractivity contribution >= 4 is 11.0 Å². The summed E-state index contributed by atoms with van der Waals surface area (Å²) in [6.45, 7) is 11.9. The van der Waals surface area contributed by atoms with Crippen molar-refractivity contribution in [1.82, 2.24) is 5.32 Å². The van der Waals surface area contributed by atoms with Crippen LogP contribution in [0.2, 0.25) is 0 Å². The Morgan fingerprint density at radius 1 is 1.14 bits per heavy atom. The molecule has 0 unspecified atom stereocenters. The minimum atomic E-state index is 0.471. The summed E-state index contributed by atoms with van der Waals surface area (Å²) in [4.78, 5) is 0. The standard InChI is InChI=1S/C19H29NO/c1-6-7-8-15-9-10-17-16(11-15)19(13(2)3)18(21-17)12-20-14(4)5/h9-11,13-14,20H,6-8,12H2,1-5H3. The van der Waals surface area contributed by atoms with Crippen LogP contribution in [0.25, 0.3) is 11.0 Å². The lowest BCUT2D eigenvalue weighted by Gasteiger charge is -2.10. The maximum absolute atomic E-state index is 6.11. The molecular weight excluding hydrogens is 258 g/mol. The fourth-order valence-corrected chi connectivity index (χ4v) is 2.81. The molecule has 1 N–H and O–H groups in total. The minimum Gasteiger partial charge on any atom is -0.459 e. The zero-order valence-corrected chi connectivity index (χ0v) is 14.1. The number of furan rings is 1. The fourth-order valence-electron chi connectivity index (χ4n) is 2.81. The lowest BCUT2D eigenvalue weighted by Crippen LogP contribution is -2.22. The number of rotatable bonds is 7. The summed E-state index contributed by atoms with van der Waals surface area (Å²) in [5.41, 5.74) is 3.83.